The van der Waals surface area contributed by atoms with E-state index in [1.807, 2.05) is 18.2 Å². The number of ether oxygens (including phenoxy) is 2. The molecule has 2 fully saturated rings. The Hall–Kier alpha value is -2.46. The summed E-state index contributed by atoms with van der Waals surface area (Å²) in [6, 6.07) is 6.88. The van der Waals surface area contributed by atoms with Crippen LogP contribution in [0.25, 0.3) is 0 Å². The Bertz CT molecular complexity index is 703. The lowest BCUT2D eigenvalue weighted by atomic mass is 9.69. The van der Waals surface area contributed by atoms with Crippen molar-refractivity contribution in [3.63, 3.8) is 0 Å². The van der Waals surface area contributed by atoms with Gasteiger partial charge in [0.25, 0.3) is 0 Å². The number of hydroxylamine groups is 2. The molecule has 0 heterocycles. The number of nitrogens with zero attached hydrogens (tertiary/aromatic N) is 2. The molecule has 3 N–H and O–H groups in total. The van der Waals surface area contributed by atoms with Crippen molar-refractivity contribution in [2.24, 2.45) is 11.7 Å². The van der Waals surface area contributed by atoms with E-state index < -0.39 is 11.4 Å². The average Bonchev–Trinajstić information content (AvgIpc) is 3.50. The molecule has 140 valence electrons. The van der Waals surface area contributed by atoms with Gasteiger partial charge in [0.1, 0.15) is 0 Å². The Kier molecular flexibility index (Phi) is 5.23. The first kappa shape index (κ1) is 18.3. The van der Waals surface area contributed by atoms with Gasteiger partial charge in [0.15, 0.2) is 11.5 Å². The zero-order chi connectivity index (χ0) is 18.7. The summed E-state index contributed by atoms with van der Waals surface area (Å²) in [5.41, 5.74) is 5.35. The molecule has 0 atom stereocenters. The predicted molar refractivity (Wildman–Crippen MR) is 94.0 cm³/mol. The molecule has 2 aliphatic carbocycles. The smallest absolute Gasteiger partial charge is 0.338 e. The monoisotopic (exact) mass is 359 g/mol. The largest absolute Gasteiger partial charge is 0.493 e. The summed E-state index contributed by atoms with van der Waals surface area (Å²) >= 11 is 0. The minimum atomic E-state index is -0.861. The van der Waals surface area contributed by atoms with E-state index in [1.54, 1.807) is 7.11 Å². The van der Waals surface area contributed by atoms with E-state index in [9.17, 15) is 15.3 Å². The summed E-state index contributed by atoms with van der Waals surface area (Å²) in [6.07, 6.45) is 4.49. The van der Waals surface area contributed by atoms with E-state index in [1.165, 1.54) is 12.8 Å². The molecule has 1 aromatic rings. The fourth-order valence-electron chi connectivity index (χ4n) is 3.56. The van der Waals surface area contributed by atoms with Gasteiger partial charge in [-0.25, -0.2) is 9.86 Å². The van der Waals surface area contributed by atoms with Crippen LogP contribution in [0.15, 0.2) is 18.2 Å². The molecule has 0 radical (unpaired) electrons. The summed E-state index contributed by atoms with van der Waals surface area (Å²) in [5.74, 6) is 1.94. The van der Waals surface area contributed by atoms with Crippen LogP contribution in [-0.4, -0.2) is 36.1 Å². The topological polar surface area (TPSA) is 109 Å². The first-order chi connectivity index (χ1) is 12.5. The number of methoxy groups -OCH3 is 1. The van der Waals surface area contributed by atoms with Gasteiger partial charge in [0, 0.05) is 0 Å². The number of nitriles is 1. The van der Waals surface area contributed by atoms with E-state index in [4.69, 9.17) is 15.2 Å². The Morgan fingerprint density at radius 3 is 2.58 bits per heavy atom. The molecule has 2 aliphatic rings. The molecule has 0 spiro atoms. The van der Waals surface area contributed by atoms with Crippen LogP contribution in [0, 0.1) is 17.2 Å². The van der Waals surface area contributed by atoms with Crippen molar-refractivity contribution in [3.05, 3.63) is 23.8 Å². The van der Waals surface area contributed by atoms with E-state index in [0.717, 1.165) is 5.56 Å². The SMILES string of the molecule is COc1ccc([C@]2(C#N)CC[C@H](N(O)C(N)=O)CC2)cc1OCC1CC1. The molecule has 0 unspecified atom stereocenters. The van der Waals surface area contributed by atoms with Gasteiger partial charge in [0.05, 0.1) is 31.2 Å². The summed E-state index contributed by atoms with van der Waals surface area (Å²) in [5, 5.41) is 20.2. The Morgan fingerprint density at radius 1 is 1.35 bits per heavy atom. The Balaban J connectivity index is 1.78. The highest BCUT2D eigenvalue weighted by Gasteiger charge is 2.40. The number of amides is 2. The highest BCUT2D eigenvalue weighted by molar-refractivity contribution is 5.70. The number of urea groups is 1. The van der Waals surface area contributed by atoms with Crippen LogP contribution in [-0.2, 0) is 5.41 Å². The predicted octanol–water partition coefficient (Wildman–Crippen LogP) is 2.96. The van der Waals surface area contributed by atoms with E-state index in [-0.39, 0.29) is 6.04 Å². The van der Waals surface area contributed by atoms with Crippen LogP contribution >= 0.6 is 0 Å². The van der Waals surface area contributed by atoms with Crippen LogP contribution in [0.2, 0.25) is 0 Å². The van der Waals surface area contributed by atoms with E-state index >= 15 is 0 Å². The molecule has 0 aliphatic heterocycles. The third-order valence-electron chi connectivity index (χ3n) is 5.48. The van der Waals surface area contributed by atoms with Crippen molar-refractivity contribution >= 4 is 6.03 Å². The van der Waals surface area contributed by atoms with Crippen molar-refractivity contribution < 1.29 is 19.5 Å². The first-order valence-electron chi connectivity index (χ1n) is 8.99. The molecule has 2 saturated carbocycles. The Morgan fingerprint density at radius 2 is 2.04 bits per heavy atom. The Labute approximate surface area is 153 Å². The highest BCUT2D eigenvalue weighted by Crippen LogP contribution is 2.43. The van der Waals surface area contributed by atoms with Gasteiger partial charge < -0.3 is 15.2 Å². The molecule has 26 heavy (non-hydrogen) atoms. The lowest BCUT2D eigenvalue weighted by Gasteiger charge is -2.37. The number of hydrogen-bond acceptors (Lipinski definition) is 5. The minimum Gasteiger partial charge on any atom is -0.493 e. The van der Waals surface area contributed by atoms with E-state index in [2.05, 4.69) is 6.07 Å². The number of rotatable bonds is 6. The third kappa shape index (κ3) is 3.70. The second-order valence-corrected chi connectivity index (χ2v) is 7.23. The fourth-order valence-corrected chi connectivity index (χ4v) is 3.56. The summed E-state index contributed by atoms with van der Waals surface area (Å²) in [6.45, 7) is 0.666. The third-order valence-corrected chi connectivity index (χ3v) is 5.48. The first-order valence-corrected chi connectivity index (χ1v) is 8.99. The summed E-state index contributed by atoms with van der Waals surface area (Å²) < 4.78 is 11.3. The zero-order valence-electron chi connectivity index (χ0n) is 15.0. The van der Waals surface area contributed by atoms with Crippen LogP contribution in [0.5, 0.6) is 11.5 Å². The maximum Gasteiger partial charge on any atom is 0.338 e. The molecule has 0 saturated heterocycles. The van der Waals surface area contributed by atoms with Crippen LogP contribution in [0.1, 0.15) is 44.1 Å². The molecular formula is C19H25N3O4. The second-order valence-electron chi connectivity index (χ2n) is 7.23. The number of nitrogens with two attached hydrogens (primary N) is 1. The van der Waals surface area contributed by atoms with Crippen LogP contribution in [0.4, 0.5) is 4.79 Å². The molecule has 7 heteroatoms. The van der Waals surface area contributed by atoms with Gasteiger partial charge in [-0.2, -0.15) is 5.26 Å². The standard InChI is InChI=1S/C19H25N3O4/c1-25-16-5-4-14(10-17(16)26-11-13-2-3-13)19(12-20)8-6-15(7-9-19)22(24)18(21)23/h4-5,10,13,15,24H,2-3,6-9,11H2,1H3,(H2,21,23)/t15-,19+. The highest BCUT2D eigenvalue weighted by atomic mass is 16.5. The molecule has 1 aromatic carbocycles. The number of hydrogen-bond donors (Lipinski definition) is 2. The maximum absolute atomic E-state index is 11.1. The molecule has 0 aromatic heterocycles. The van der Waals surface area contributed by atoms with Crippen molar-refractivity contribution in [2.45, 2.75) is 50.0 Å². The van der Waals surface area contributed by atoms with Gasteiger partial charge in [0.2, 0.25) is 0 Å². The summed E-state index contributed by atoms with van der Waals surface area (Å²) in [4.78, 5) is 11.1. The van der Waals surface area contributed by atoms with Crippen molar-refractivity contribution in [1.29, 1.82) is 5.26 Å². The van der Waals surface area contributed by atoms with Gasteiger partial charge in [-0.1, -0.05) is 6.07 Å². The molecule has 7 nitrogen and oxygen atoms in total. The molecule has 2 amide bonds. The zero-order valence-corrected chi connectivity index (χ0v) is 15.0. The molecule has 3 rings (SSSR count). The number of primary amides is 1. The van der Waals surface area contributed by atoms with Gasteiger partial charge in [-0.05, 0) is 62.1 Å². The lowest BCUT2D eigenvalue weighted by molar-refractivity contribution is -0.0870. The van der Waals surface area contributed by atoms with E-state index in [0.29, 0.717) is 54.8 Å². The lowest BCUT2D eigenvalue weighted by Crippen LogP contribution is -2.45. The van der Waals surface area contributed by atoms with Gasteiger partial charge in [-0.3, -0.25) is 5.21 Å². The fraction of sp³-hybridized carbons (Fsp3) is 0.579. The van der Waals surface area contributed by atoms with Gasteiger partial charge in [-0.15, -0.1) is 0 Å². The normalized spacial score (nSPS) is 25.2. The second kappa shape index (κ2) is 7.42. The quantitative estimate of drug-likeness (QED) is 0.599. The van der Waals surface area contributed by atoms with Crippen molar-refractivity contribution in [3.8, 4) is 17.6 Å². The minimum absolute atomic E-state index is 0.349. The number of benzene rings is 1. The average molecular weight is 359 g/mol. The van der Waals surface area contributed by atoms with Crippen molar-refractivity contribution in [1.82, 2.24) is 5.06 Å². The molecular weight excluding hydrogens is 334 g/mol. The van der Waals surface area contributed by atoms with Gasteiger partial charge >= 0.3 is 6.03 Å². The number of carbonyl (C=O) groups excluding carboxylic acids is 1. The van der Waals surface area contributed by atoms with Crippen LogP contribution in [0.3, 0.4) is 0 Å². The number of carbonyl (C=O) groups is 1. The van der Waals surface area contributed by atoms with Crippen molar-refractivity contribution in [2.75, 3.05) is 13.7 Å². The molecule has 0 bridgehead atoms. The summed E-state index contributed by atoms with van der Waals surface area (Å²) in [7, 11) is 1.60. The van der Waals surface area contributed by atoms with Crippen LogP contribution < -0.4 is 15.2 Å². The maximum atomic E-state index is 11.1.